The third-order valence-electron chi connectivity index (χ3n) is 2.30. The first kappa shape index (κ1) is 10.9. The molecule has 0 fully saturated rings. The Morgan fingerprint density at radius 2 is 2.24 bits per heavy atom. The van der Waals surface area contributed by atoms with E-state index in [-0.39, 0.29) is 17.0 Å². The quantitative estimate of drug-likeness (QED) is 0.539. The number of carbonyl (C=O) groups is 2. The molecule has 0 aromatic rings. The summed E-state index contributed by atoms with van der Waals surface area (Å²) in [4.78, 5) is 36.0. The fourth-order valence-electron chi connectivity index (χ4n) is 1.50. The van der Waals surface area contributed by atoms with Crippen LogP contribution in [0.15, 0.2) is 40.6 Å². The summed E-state index contributed by atoms with van der Waals surface area (Å²) >= 11 is 0. The second-order valence-electron chi connectivity index (χ2n) is 3.41. The lowest BCUT2D eigenvalue weighted by molar-refractivity contribution is -0.496. The van der Waals surface area contributed by atoms with Gasteiger partial charge in [0, 0.05) is 17.1 Å². The first-order valence-corrected chi connectivity index (χ1v) is 4.61. The summed E-state index contributed by atoms with van der Waals surface area (Å²) in [6.45, 7) is 0. The molecule has 1 N–H and O–H groups in total. The van der Waals surface area contributed by atoms with Gasteiger partial charge in [-0.05, 0) is 12.2 Å². The van der Waals surface area contributed by atoms with E-state index in [9.17, 15) is 19.7 Å². The minimum Gasteiger partial charge on any atom is -0.477 e. The Morgan fingerprint density at radius 1 is 1.53 bits per heavy atom. The number of hydrogen-bond acceptors (Lipinski definition) is 5. The number of rotatable bonds is 2. The lowest BCUT2D eigenvalue weighted by Crippen LogP contribution is -2.25. The minimum atomic E-state index is -1.31. The van der Waals surface area contributed by atoms with Crippen LogP contribution in [-0.4, -0.2) is 33.5 Å². The molecule has 0 amide bonds. The van der Waals surface area contributed by atoms with Crippen molar-refractivity contribution in [2.75, 3.05) is 0 Å². The van der Waals surface area contributed by atoms with Crippen LogP contribution >= 0.6 is 0 Å². The Balaban J connectivity index is 2.42. The van der Waals surface area contributed by atoms with E-state index >= 15 is 0 Å². The van der Waals surface area contributed by atoms with Gasteiger partial charge < -0.3 is 5.11 Å². The second-order valence-corrected chi connectivity index (χ2v) is 3.41. The molecule has 2 rings (SSSR count). The first-order chi connectivity index (χ1) is 7.99. The van der Waals surface area contributed by atoms with Gasteiger partial charge in [0.05, 0.1) is 11.3 Å². The van der Waals surface area contributed by atoms with Crippen molar-refractivity contribution in [3.63, 3.8) is 0 Å². The van der Waals surface area contributed by atoms with Crippen molar-refractivity contribution in [2.45, 2.75) is 6.04 Å². The minimum absolute atomic E-state index is 0.0687. The molecule has 86 valence electrons. The maximum absolute atomic E-state index is 11.6. The Hall–Kier alpha value is -2.57. The standard InChI is InChI=1S/C10H6N2O5/c13-9-4-8(10(14)15)11-7-2-1-5(12(16)17)3-6(7)9/h1-5H,(H,14,15). The van der Waals surface area contributed by atoms with Crippen molar-refractivity contribution in [1.82, 2.24) is 0 Å². The van der Waals surface area contributed by atoms with Crippen LogP contribution in [0.5, 0.6) is 0 Å². The number of aliphatic imine (C=N–C) groups is 1. The molecule has 0 radical (unpaired) electrons. The molecular formula is C10H6N2O5. The molecule has 1 unspecified atom stereocenters. The molecule has 17 heavy (non-hydrogen) atoms. The summed E-state index contributed by atoms with van der Waals surface area (Å²) < 4.78 is 0. The SMILES string of the molecule is O=C(O)C1=CC(=O)C2=CC([N+](=O)[O-])C=CC2=N1. The third kappa shape index (κ3) is 1.89. The van der Waals surface area contributed by atoms with Crippen LogP contribution in [0.3, 0.4) is 0 Å². The lowest BCUT2D eigenvalue weighted by atomic mass is 9.94. The maximum atomic E-state index is 11.6. The van der Waals surface area contributed by atoms with E-state index in [2.05, 4.69) is 4.99 Å². The van der Waals surface area contributed by atoms with Gasteiger partial charge in [-0.25, -0.2) is 9.79 Å². The fourth-order valence-corrected chi connectivity index (χ4v) is 1.50. The van der Waals surface area contributed by atoms with Crippen molar-refractivity contribution >= 4 is 17.5 Å². The molecule has 2 aliphatic rings. The predicted octanol–water partition coefficient (Wildman–Crippen LogP) is 0.120. The van der Waals surface area contributed by atoms with Crippen molar-refractivity contribution in [3.8, 4) is 0 Å². The van der Waals surface area contributed by atoms with Gasteiger partial charge in [0.1, 0.15) is 0 Å². The van der Waals surface area contributed by atoms with Gasteiger partial charge in [-0.3, -0.25) is 14.9 Å². The van der Waals surface area contributed by atoms with Gasteiger partial charge in [-0.1, -0.05) is 0 Å². The zero-order chi connectivity index (χ0) is 12.6. The van der Waals surface area contributed by atoms with Crippen LogP contribution < -0.4 is 0 Å². The molecule has 0 bridgehead atoms. The Morgan fingerprint density at radius 3 is 2.82 bits per heavy atom. The van der Waals surface area contributed by atoms with Crippen molar-refractivity contribution in [3.05, 3.63) is 45.7 Å². The molecule has 1 heterocycles. The van der Waals surface area contributed by atoms with Gasteiger partial charge in [0.15, 0.2) is 11.5 Å². The van der Waals surface area contributed by atoms with Gasteiger partial charge >= 0.3 is 5.97 Å². The highest BCUT2D eigenvalue weighted by Gasteiger charge is 2.28. The predicted molar refractivity (Wildman–Crippen MR) is 56.2 cm³/mol. The Kier molecular flexibility index (Phi) is 2.43. The largest absolute Gasteiger partial charge is 0.477 e. The molecule has 1 aliphatic heterocycles. The lowest BCUT2D eigenvalue weighted by Gasteiger charge is -2.14. The number of fused-ring (bicyclic) bond motifs is 1. The zero-order valence-electron chi connectivity index (χ0n) is 8.36. The van der Waals surface area contributed by atoms with Crippen LogP contribution in [0.25, 0.3) is 0 Å². The normalized spacial score (nSPS) is 22.2. The van der Waals surface area contributed by atoms with Crippen LogP contribution in [0.4, 0.5) is 0 Å². The number of nitrogens with zero attached hydrogens (tertiary/aromatic N) is 2. The highest BCUT2D eigenvalue weighted by Crippen LogP contribution is 2.19. The summed E-state index contributed by atoms with van der Waals surface area (Å²) in [5, 5.41) is 19.3. The van der Waals surface area contributed by atoms with Crippen LogP contribution in [-0.2, 0) is 9.59 Å². The van der Waals surface area contributed by atoms with E-state index in [4.69, 9.17) is 5.11 Å². The molecule has 1 aliphatic carbocycles. The smallest absolute Gasteiger partial charge is 0.354 e. The first-order valence-electron chi connectivity index (χ1n) is 4.61. The third-order valence-corrected chi connectivity index (χ3v) is 2.30. The van der Waals surface area contributed by atoms with Crippen LogP contribution in [0.2, 0.25) is 0 Å². The van der Waals surface area contributed by atoms with E-state index in [1.54, 1.807) is 0 Å². The summed E-state index contributed by atoms with van der Waals surface area (Å²) in [6.07, 6.45) is 4.56. The number of carbonyl (C=O) groups excluding carboxylic acids is 1. The number of carboxylic acids is 1. The van der Waals surface area contributed by atoms with Crippen LogP contribution in [0.1, 0.15) is 0 Å². The number of nitro groups is 1. The monoisotopic (exact) mass is 234 g/mol. The topological polar surface area (TPSA) is 110 Å². The molecular weight excluding hydrogens is 228 g/mol. The molecule has 0 spiro atoms. The van der Waals surface area contributed by atoms with E-state index in [0.29, 0.717) is 0 Å². The molecule has 0 saturated heterocycles. The second kappa shape index (κ2) is 3.78. The molecule has 0 saturated carbocycles. The number of aliphatic carboxylic acids is 1. The summed E-state index contributed by atoms with van der Waals surface area (Å²) in [5.41, 5.74) is -0.154. The summed E-state index contributed by atoms with van der Waals surface area (Å²) in [7, 11) is 0. The average Bonchev–Trinajstić information content (AvgIpc) is 2.28. The molecule has 7 heteroatoms. The highest BCUT2D eigenvalue weighted by atomic mass is 16.6. The van der Waals surface area contributed by atoms with Crippen molar-refractivity contribution in [1.29, 1.82) is 0 Å². The van der Waals surface area contributed by atoms with Crippen molar-refractivity contribution in [2.24, 2.45) is 4.99 Å². The Labute approximate surface area is 94.6 Å². The number of carboxylic acid groups (broad SMARTS) is 1. The number of ketones is 1. The van der Waals surface area contributed by atoms with Crippen LogP contribution in [0, 0.1) is 10.1 Å². The molecule has 0 aromatic heterocycles. The summed E-state index contributed by atoms with van der Waals surface area (Å²) in [5.74, 6) is -1.89. The van der Waals surface area contributed by atoms with Crippen molar-refractivity contribution < 1.29 is 19.6 Å². The van der Waals surface area contributed by atoms with E-state index in [1.807, 2.05) is 0 Å². The van der Waals surface area contributed by atoms with Gasteiger partial charge in [0.2, 0.25) is 0 Å². The maximum Gasteiger partial charge on any atom is 0.354 e. The van der Waals surface area contributed by atoms with E-state index < -0.39 is 22.7 Å². The van der Waals surface area contributed by atoms with Gasteiger partial charge in [0.25, 0.3) is 6.04 Å². The molecule has 1 atom stereocenters. The fraction of sp³-hybridized carbons (Fsp3) is 0.100. The molecule has 7 nitrogen and oxygen atoms in total. The highest BCUT2D eigenvalue weighted by molar-refractivity contribution is 6.33. The number of allylic oxidation sites excluding steroid dienone is 3. The number of hydrogen-bond donors (Lipinski definition) is 1. The Bertz CT molecular complexity index is 553. The zero-order valence-corrected chi connectivity index (χ0v) is 8.36. The molecule has 0 aromatic carbocycles. The van der Waals surface area contributed by atoms with E-state index in [0.717, 1.165) is 12.2 Å². The van der Waals surface area contributed by atoms with Gasteiger partial charge in [-0.15, -0.1) is 0 Å². The van der Waals surface area contributed by atoms with Gasteiger partial charge in [-0.2, -0.15) is 0 Å². The summed E-state index contributed by atoms with van der Waals surface area (Å²) in [6, 6.07) is -1.08. The average molecular weight is 234 g/mol. The van der Waals surface area contributed by atoms with E-state index in [1.165, 1.54) is 12.2 Å².